The highest BCUT2D eigenvalue weighted by molar-refractivity contribution is 7.47. The molecule has 3 N–H and O–H groups in total. The maximum Gasteiger partial charge on any atom is 0.472 e. The third kappa shape index (κ3) is 37.2. The van der Waals surface area contributed by atoms with Gasteiger partial charge in [-0.25, -0.2) is 4.57 Å². The van der Waals surface area contributed by atoms with E-state index in [2.05, 4.69) is 86.8 Å². The van der Waals surface area contributed by atoms with Crippen molar-refractivity contribution in [2.75, 3.05) is 33.0 Å². The normalized spacial score (nSPS) is 14.4. The van der Waals surface area contributed by atoms with E-state index in [1.165, 1.54) is 19.3 Å². The number of phosphoric ester groups is 1. The number of unbranched alkanes of at least 4 members (excludes halogenated alkanes) is 11. The first-order chi connectivity index (χ1) is 24.4. The molecule has 0 saturated heterocycles. The van der Waals surface area contributed by atoms with E-state index in [4.69, 9.17) is 24.3 Å². The number of nitrogens with two attached hydrogens (primary N) is 1. The minimum Gasteiger partial charge on any atom is -0.457 e. The van der Waals surface area contributed by atoms with E-state index in [1.54, 1.807) is 0 Å². The molecule has 0 heterocycles. The third-order valence-corrected chi connectivity index (χ3v) is 8.57. The molecule has 0 rings (SSSR count). The lowest BCUT2D eigenvalue weighted by Gasteiger charge is -2.20. The van der Waals surface area contributed by atoms with Crippen molar-refractivity contribution < 1.29 is 32.8 Å². The van der Waals surface area contributed by atoms with Crippen LogP contribution in [0.15, 0.2) is 72.9 Å². The summed E-state index contributed by atoms with van der Waals surface area (Å²) in [6, 6.07) is 0. The second-order valence-electron chi connectivity index (χ2n) is 12.4. The molecule has 0 bridgehead atoms. The molecule has 0 amide bonds. The molecule has 0 fully saturated rings. The van der Waals surface area contributed by atoms with Crippen LogP contribution in [0.5, 0.6) is 0 Å². The average Bonchev–Trinajstić information content (AvgIpc) is 3.10. The second-order valence-corrected chi connectivity index (χ2v) is 13.9. The van der Waals surface area contributed by atoms with E-state index in [1.807, 2.05) is 0 Å². The smallest absolute Gasteiger partial charge is 0.457 e. The monoisotopic (exact) mass is 722 g/mol. The molecule has 0 radical (unpaired) electrons. The highest BCUT2D eigenvalue weighted by atomic mass is 31.2. The van der Waals surface area contributed by atoms with Crippen LogP contribution < -0.4 is 5.73 Å². The van der Waals surface area contributed by atoms with Gasteiger partial charge in [0.25, 0.3) is 0 Å². The molecule has 0 aromatic carbocycles. The maximum absolute atomic E-state index is 12.5. The first-order valence-electron chi connectivity index (χ1n) is 19.4. The number of carbonyl (C=O) groups excluding carboxylic acids is 1. The van der Waals surface area contributed by atoms with Gasteiger partial charge in [0.15, 0.2) is 0 Å². The van der Waals surface area contributed by atoms with Crippen LogP contribution in [0.25, 0.3) is 0 Å². The molecule has 8 nitrogen and oxygen atoms in total. The lowest BCUT2D eigenvalue weighted by Crippen LogP contribution is -2.28. The Kier molecular flexibility index (Phi) is 36.6. The SMILES string of the molecule is CC/C=C\C/C=C\C/C=C\C/C=C\CCCCCCCOCC(COP(=O)(O)OCCN)OC(=O)CCCCCCC/C=C\C/C=C\CCC. The number of allylic oxidation sites excluding steroid dienone is 12. The fraction of sp³-hybridized carbons (Fsp3) is 0.683. The van der Waals surface area contributed by atoms with Crippen LogP contribution in [-0.4, -0.2) is 49.9 Å². The average molecular weight is 722 g/mol. The highest BCUT2D eigenvalue weighted by Crippen LogP contribution is 2.43. The molecule has 0 aliphatic rings. The molecule has 0 aromatic heterocycles. The predicted octanol–water partition coefficient (Wildman–Crippen LogP) is 11.2. The minimum absolute atomic E-state index is 0.0906. The summed E-state index contributed by atoms with van der Waals surface area (Å²) < 4.78 is 33.3. The van der Waals surface area contributed by atoms with E-state index in [0.717, 1.165) is 103 Å². The lowest BCUT2D eigenvalue weighted by molar-refractivity contribution is -0.154. The van der Waals surface area contributed by atoms with Crippen LogP contribution in [0.2, 0.25) is 0 Å². The van der Waals surface area contributed by atoms with Crippen LogP contribution in [0.1, 0.15) is 142 Å². The van der Waals surface area contributed by atoms with Crippen molar-refractivity contribution in [1.29, 1.82) is 0 Å². The summed E-state index contributed by atoms with van der Waals surface area (Å²) in [6.07, 6.45) is 46.3. The lowest BCUT2D eigenvalue weighted by atomic mass is 10.1. The molecule has 0 aromatic rings. The number of rotatable bonds is 36. The Balaban J connectivity index is 4.15. The number of esters is 1. The predicted molar refractivity (Wildman–Crippen MR) is 210 cm³/mol. The Morgan fingerprint density at radius 1 is 0.620 bits per heavy atom. The van der Waals surface area contributed by atoms with Crippen molar-refractivity contribution in [1.82, 2.24) is 0 Å². The summed E-state index contributed by atoms with van der Waals surface area (Å²) in [4.78, 5) is 22.4. The van der Waals surface area contributed by atoms with Crippen molar-refractivity contribution in [2.24, 2.45) is 5.73 Å². The third-order valence-electron chi connectivity index (χ3n) is 7.59. The number of phosphoric acid groups is 1. The van der Waals surface area contributed by atoms with Crippen LogP contribution >= 0.6 is 7.82 Å². The van der Waals surface area contributed by atoms with Crippen LogP contribution in [0, 0.1) is 0 Å². The minimum atomic E-state index is -4.29. The van der Waals surface area contributed by atoms with Gasteiger partial charge in [0.05, 0.1) is 19.8 Å². The molecule has 0 saturated carbocycles. The van der Waals surface area contributed by atoms with Crippen LogP contribution in [0.3, 0.4) is 0 Å². The summed E-state index contributed by atoms with van der Waals surface area (Å²) in [7, 11) is -4.29. The van der Waals surface area contributed by atoms with E-state index >= 15 is 0 Å². The van der Waals surface area contributed by atoms with Gasteiger partial charge in [0, 0.05) is 19.6 Å². The summed E-state index contributed by atoms with van der Waals surface area (Å²) in [5.41, 5.74) is 5.35. The van der Waals surface area contributed by atoms with E-state index in [-0.39, 0.29) is 32.3 Å². The summed E-state index contributed by atoms with van der Waals surface area (Å²) in [5.74, 6) is -0.356. The zero-order chi connectivity index (χ0) is 36.6. The summed E-state index contributed by atoms with van der Waals surface area (Å²) in [5, 5.41) is 0. The fourth-order valence-electron chi connectivity index (χ4n) is 4.79. The van der Waals surface area contributed by atoms with Gasteiger partial charge in [-0.1, -0.05) is 132 Å². The Bertz CT molecular complexity index is 989. The molecule has 288 valence electrons. The Hall–Kier alpha value is -2.06. The van der Waals surface area contributed by atoms with E-state index in [0.29, 0.717) is 13.0 Å². The molecule has 0 aliphatic carbocycles. The highest BCUT2D eigenvalue weighted by Gasteiger charge is 2.25. The molecule has 2 atom stereocenters. The van der Waals surface area contributed by atoms with E-state index in [9.17, 15) is 14.3 Å². The second kappa shape index (κ2) is 38.2. The van der Waals surface area contributed by atoms with Gasteiger partial charge < -0.3 is 20.1 Å². The molecule has 0 aliphatic heterocycles. The van der Waals surface area contributed by atoms with Crippen molar-refractivity contribution in [3.05, 3.63) is 72.9 Å². The molecule has 0 spiro atoms. The van der Waals surface area contributed by atoms with Crippen molar-refractivity contribution in [3.8, 4) is 0 Å². The Morgan fingerprint density at radius 2 is 1.12 bits per heavy atom. The quantitative estimate of drug-likeness (QED) is 0.0284. The zero-order valence-electron chi connectivity index (χ0n) is 31.6. The standard InChI is InChI=1S/C41H72NO7P/c1-3-5-7-9-11-13-15-17-18-19-20-21-23-25-27-29-31-33-36-46-38-40(39-48-50(44,45)47-37-35-42)49-41(43)34-32-30-28-26-24-22-16-14-12-10-8-6-4-2/h5,7-8,10-11,13-14,16-18,20-21,40H,3-4,6,9,12,15,19,22-39,42H2,1-2H3,(H,44,45)/b7-5-,10-8-,13-11-,16-14-,18-17-,21-20-. The van der Waals surface area contributed by atoms with Gasteiger partial charge in [0.1, 0.15) is 6.10 Å². The molecule has 2 unspecified atom stereocenters. The topological polar surface area (TPSA) is 117 Å². The Labute approximate surface area is 305 Å². The maximum atomic E-state index is 12.5. The van der Waals surface area contributed by atoms with Gasteiger partial charge in [-0.15, -0.1) is 0 Å². The van der Waals surface area contributed by atoms with E-state index < -0.39 is 13.9 Å². The van der Waals surface area contributed by atoms with Crippen molar-refractivity contribution in [3.63, 3.8) is 0 Å². The van der Waals surface area contributed by atoms with Gasteiger partial charge in [-0.2, -0.15) is 0 Å². The Morgan fingerprint density at radius 3 is 1.68 bits per heavy atom. The molecule has 9 heteroatoms. The molecule has 50 heavy (non-hydrogen) atoms. The van der Waals surface area contributed by atoms with Gasteiger partial charge in [-0.05, 0) is 77.0 Å². The van der Waals surface area contributed by atoms with Crippen molar-refractivity contribution in [2.45, 2.75) is 148 Å². The largest absolute Gasteiger partial charge is 0.472 e. The molecular weight excluding hydrogens is 649 g/mol. The summed E-state index contributed by atoms with van der Waals surface area (Å²) in [6.45, 7) is 4.65. The van der Waals surface area contributed by atoms with Gasteiger partial charge in [-0.3, -0.25) is 13.8 Å². The number of ether oxygens (including phenoxy) is 2. The molecular formula is C41H72NO7P. The number of carbonyl (C=O) groups is 1. The van der Waals surface area contributed by atoms with Crippen LogP contribution in [-0.2, 0) is 27.9 Å². The summed E-state index contributed by atoms with van der Waals surface area (Å²) >= 11 is 0. The van der Waals surface area contributed by atoms with Crippen LogP contribution in [0.4, 0.5) is 0 Å². The zero-order valence-corrected chi connectivity index (χ0v) is 32.5. The van der Waals surface area contributed by atoms with Gasteiger partial charge in [0.2, 0.25) is 0 Å². The van der Waals surface area contributed by atoms with Crippen molar-refractivity contribution >= 4 is 13.8 Å². The van der Waals surface area contributed by atoms with Gasteiger partial charge >= 0.3 is 13.8 Å². The first-order valence-corrected chi connectivity index (χ1v) is 20.9. The number of hydrogen-bond donors (Lipinski definition) is 2. The first kappa shape index (κ1) is 47.9. The number of hydrogen-bond acceptors (Lipinski definition) is 7. The fourth-order valence-corrected chi connectivity index (χ4v) is 5.55.